The molecule has 126 valence electrons. The van der Waals surface area contributed by atoms with Gasteiger partial charge in [0, 0.05) is 30.8 Å². The van der Waals surface area contributed by atoms with E-state index >= 15 is 0 Å². The molecule has 0 radical (unpaired) electrons. The van der Waals surface area contributed by atoms with E-state index in [1.165, 1.54) is 29.7 Å². The molecule has 0 bridgehead atoms. The summed E-state index contributed by atoms with van der Waals surface area (Å²) in [7, 11) is 2.19. The molecule has 1 aliphatic heterocycles. The molecule has 1 aromatic heterocycles. The Kier molecular flexibility index (Phi) is 4.23. The highest BCUT2D eigenvalue weighted by Crippen LogP contribution is 2.30. The maximum Gasteiger partial charge on any atom is 0.132 e. The van der Waals surface area contributed by atoms with Gasteiger partial charge in [0.1, 0.15) is 11.6 Å². The summed E-state index contributed by atoms with van der Waals surface area (Å²) in [5, 5.41) is 3.44. The fourth-order valence-electron chi connectivity index (χ4n) is 4.08. The lowest BCUT2D eigenvalue weighted by Gasteiger charge is -2.28. The maximum atomic E-state index is 4.74. The van der Waals surface area contributed by atoms with Gasteiger partial charge in [-0.3, -0.25) is 0 Å². The van der Waals surface area contributed by atoms with E-state index in [9.17, 15) is 0 Å². The first-order valence-corrected chi connectivity index (χ1v) is 9.06. The number of likely N-dealkylation sites (N-methyl/N-ethyl adjacent to an activating group) is 1. The van der Waals surface area contributed by atoms with Crippen molar-refractivity contribution in [2.24, 2.45) is 0 Å². The van der Waals surface area contributed by atoms with Crippen LogP contribution < -0.4 is 10.2 Å². The molecule has 0 spiro atoms. The lowest BCUT2D eigenvalue weighted by molar-refractivity contribution is 0.452. The number of rotatable bonds is 3. The second-order valence-corrected chi connectivity index (χ2v) is 7.16. The molecule has 2 aromatic rings. The number of nitrogens with one attached hydrogen (secondary N) is 1. The van der Waals surface area contributed by atoms with Crippen LogP contribution in [-0.4, -0.2) is 36.1 Å². The van der Waals surface area contributed by atoms with E-state index in [-0.39, 0.29) is 0 Å². The first-order chi connectivity index (χ1) is 11.7. The van der Waals surface area contributed by atoms with Gasteiger partial charge in [0.05, 0.1) is 0 Å². The van der Waals surface area contributed by atoms with E-state index in [1.54, 1.807) is 0 Å². The van der Waals surface area contributed by atoms with Crippen molar-refractivity contribution < 1.29 is 0 Å². The van der Waals surface area contributed by atoms with Crippen LogP contribution in [0.25, 0.3) is 0 Å². The second-order valence-electron chi connectivity index (χ2n) is 7.16. The molecule has 0 unspecified atom stereocenters. The molecule has 1 aromatic carbocycles. The van der Waals surface area contributed by atoms with Crippen LogP contribution in [0.3, 0.4) is 0 Å². The first-order valence-electron chi connectivity index (χ1n) is 9.06. The topological polar surface area (TPSA) is 41.1 Å². The minimum Gasteiger partial charge on any atom is -0.356 e. The molecular weight excluding hydrogens is 296 g/mol. The molecule has 0 atom stereocenters. The number of aromatic nitrogens is 2. The normalized spacial score (nSPS) is 18.6. The average molecular weight is 322 g/mol. The van der Waals surface area contributed by atoms with Crippen molar-refractivity contribution in [3.63, 3.8) is 0 Å². The number of anilines is 1. The number of piperidine rings is 1. The van der Waals surface area contributed by atoms with Crippen LogP contribution in [0.1, 0.15) is 41.4 Å². The second kappa shape index (κ2) is 6.52. The van der Waals surface area contributed by atoms with Crippen molar-refractivity contribution in [2.75, 3.05) is 25.0 Å². The minimum absolute atomic E-state index is 0.498. The van der Waals surface area contributed by atoms with Crippen LogP contribution in [0, 0.1) is 6.92 Å². The first kappa shape index (κ1) is 15.6. The summed E-state index contributed by atoms with van der Waals surface area (Å²) < 4.78 is 0. The Balaban J connectivity index is 1.56. The summed E-state index contributed by atoms with van der Waals surface area (Å²) in [4.78, 5) is 11.8. The third-order valence-electron chi connectivity index (χ3n) is 5.54. The molecule has 4 heteroatoms. The summed E-state index contributed by atoms with van der Waals surface area (Å²) in [6, 6.07) is 11.5. The number of hydrogen-bond donors (Lipinski definition) is 1. The number of nitrogens with zero attached hydrogens (tertiary/aromatic N) is 3. The zero-order valence-corrected chi connectivity index (χ0v) is 14.6. The van der Waals surface area contributed by atoms with Gasteiger partial charge in [0.15, 0.2) is 0 Å². The van der Waals surface area contributed by atoms with Crippen molar-refractivity contribution in [1.82, 2.24) is 15.3 Å². The lowest BCUT2D eigenvalue weighted by Crippen LogP contribution is -2.33. The molecule has 24 heavy (non-hydrogen) atoms. The molecule has 4 nitrogen and oxygen atoms in total. The van der Waals surface area contributed by atoms with E-state index in [2.05, 4.69) is 47.6 Å². The van der Waals surface area contributed by atoms with E-state index in [1.807, 2.05) is 6.92 Å². The Morgan fingerprint density at radius 2 is 1.71 bits per heavy atom. The van der Waals surface area contributed by atoms with E-state index in [0.717, 1.165) is 37.6 Å². The largest absolute Gasteiger partial charge is 0.356 e. The highest BCUT2D eigenvalue weighted by atomic mass is 15.2. The van der Waals surface area contributed by atoms with E-state index in [4.69, 9.17) is 9.97 Å². The summed E-state index contributed by atoms with van der Waals surface area (Å²) in [6.07, 6.45) is 4.57. The Labute approximate surface area is 144 Å². The van der Waals surface area contributed by atoms with Gasteiger partial charge in [-0.2, -0.15) is 0 Å². The molecular formula is C20H26N4. The van der Waals surface area contributed by atoms with Gasteiger partial charge < -0.3 is 10.2 Å². The number of fused-ring (bicyclic) bond motifs is 1. The number of aryl methyl sites for hydroxylation is 1. The highest BCUT2D eigenvalue weighted by Gasteiger charge is 2.26. The summed E-state index contributed by atoms with van der Waals surface area (Å²) in [5.41, 5.74) is 4.19. The predicted molar refractivity (Wildman–Crippen MR) is 97.7 cm³/mol. The Morgan fingerprint density at radius 3 is 2.38 bits per heavy atom. The summed E-state index contributed by atoms with van der Waals surface area (Å²) >= 11 is 0. The smallest absolute Gasteiger partial charge is 0.132 e. The van der Waals surface area contributed by atoms with E-state index in [0.29, 0.717) is 12.0 Å². The number of benzene rings is 1. The van der Waals surface area contributed by atoms with Gasteiger partial charge >= 0.3 is 0 Å². The van der Waals surface area contributed by atoms with Gasteiger partial charge in [-0.25, -0.2) is 9.97 Å². The fraction of sp³-hybridized carbons (Fsp3) is 0.500. The zero-order valence-electron chi connectivity index (χ0n) is 14.6. The zero-order chi connectivity index (χ0) is 16.5. The minimum atomic E-state index is 0.498. The average Bonchev–Trinajstić information content (AvgIpc) is 3.05. The van der Waals surface area contributed by atoms with Crippen molar-refractivity contribution in [1.29, 1.82) is 0 Å². The third kappa shape index (κ3) is 3.03. The van der Waals surface area contributed by atoms with Crippen LogP contribution in [0.15, 0.2) is 30.3 Å². The SMILES string of the molecule is Cc1nc(C2CCNCC2)cc(N(C)C2Cc3ccccc3C2)n1. The third-order valence-corrected chi connectivity index (χ3v) is 5.54. The molecule has 4 rings (SSSR count). The molecule has 2 aliphatic rings. The van der Waals surface area contributed by atoms with Gasteiger partial charge in [0.25, 0.3) is 0 Å². The van der Waals surface area contributed by atoms with Crippen LogP contribution in [0.4, 0.5) is 5.82 Å². The van der Waals surface area contributed by atoms with Crippen LogP contribution in [0.2, 0.25) is 0 Å². The van der Waals surface area contributed by atoms with Gasteiger partial charge in [-0.1, -0.05) is 24.3 Å². The quantitative estimate of drug-likeness (QED) is 0.943. The molecule has 1 saturated heterocycles. The van der Waals surface area contributed by atoms with Crippen molar-refractivity contribution in [3.8, 4) is 0 Å². The lowest BCUT2D eigenvalue weighted by atomic mass is 9.94. The number of hydrogen-bond acceptors (Lipinski definition) is 4. The van der Waals surface area contributed by atoms with Crippen molar-refractivity contribution in [3.05, 3.63) is 53.0 Å². The standard InChI is InChI=1S/C20H26N4/c1-14-22-19(15-7-9-21-10-8-15)13-20(23-14)24(2)18-11-16-5-3-4-6-17(16)12-18/h3-6,13,15,18,21H,7-12H2,1-2H3. The van der Waals surface area contributed by atoms with Crippen molar-refractivity contribution in [2.45, 2.75) is 44.6 Å². The van der Waals surface area contributed by atoms with Gasteiger partial charge in [-0.15, -0.1) is 0 Å². The van der Waals surface area contributed by atoms with Crippen molar-refractivity contribution >= 4 is 5.82 Å². The van der Waals surface area contributed by atoms with Crippen LogP contribution in [0.5, 0.6) is 0 Å². The molecule has 1 N–H and O–H groups in total. The van der Waals surface area contributed by atoms with Crippen LogP contribution >= 0.6 is 0 Å². The molecule has 2 heterocycles. The monoisotopic (exact) mass is 322 g/mol. The van der Waals surface area contributed by atoms with Crippen LogP contribution in [-0.2, 0) is 12.8 Å². The van der Waals surface area contributed by atoms with Gasteiger partial charge in [0.2, 0.25) is 0 Å². The molecule has 0 saturated carbocycles. The Morgan fingerprint density at radius 1 is 1.04 bits per heavy atom. The maximum absolute atomic E-state index is 4.74. The van der Waals surface area contributed by atoms with E-state index < -0.39 is 0 Å². The fourth-order valence-corrected chi connectivity index (χ4v) is 4.08. The summed E-state index contributed by atoms with van der Waals surface area (Å²) in [5.74, 6) is 2.54. The summed E-state index contributed by atoms with van der Waals surface area (Å²) in [6.45, 7) is 4.21. The molecule has 1 fully saturated rings. The predicted octanol–water partition coefficient (Wildman–Crippen LogP) is 2.86. The Hall–Kier alpha value is -1.94. The molecule has 1 aliphatic carbocycles. The molecule has 0 amide bonds. The Bertz CT molecular complexity index is 696. The highest BCUT2D eigenvalue weighted by molar-refractivity contribution is 5.45. The van der Waals surface area contributed by atoms with Gasteiger partial charge in [-0.05, 0) is 56.8 Å².